The van der Waals surface area contributed by atoms with Crippen molar-refractivity contribution in [3.8, 4) is 0 Å². The number of urea groups is 1. The van der Waals surface area contributed by atoms with Gasteiger partial charge in [0.25, 0.3) is 0 Å². The van der Waals surface area contributed by atoms with Gasteiger partial charge in [-0.1, -0.05) is 12.1 Å². The van der Waals surface area contributed by atoms with E-state index in [9.17, 15) is 14.4 Å². The van der Waals surface area contributed by atoms with Crippen LogP contribution in [0.25, 0.3) is 0 Å². The smallest absolute Gasteiger partial charge is 0.319 e. The lowest BCUT2D eigenvalue weighted by Crippen LogP contribution is -2.29. The highest BCUT2D eigenvalue weighted by Crippen LogP contribution is 2.08. The van der Waals surface area contributed by atoms with Gasteiger partial charge in [0.1, 0.15) is 6.29 Å². The van der Waals surface area contributed by atoms with Crippen molar-refractivity contribution in [2.24, 2.45) is 0 Å². The maximum atomic E-state index is 11.5. The molecule has 0 unspecified atom stereocenters. The topological polar surface area (TPSA) is 95.5 Å². The number of benzene rings is 1. The zero-order chi connectivity index (χ0) is 14.1. The molecule has 0 heterocycles. The van der Waals surface area contributed by atoms with Gasteiger partial charge in [-0.05, 0) is 25.0 Å². The number of carboxylic acids is 1. The Hall–Kier alpha value is -2.37. The lowest BCUT2D eigenvalue weighted by molar-refractivity contribution is -0.137. The molecule has 0 aliphatic rings. The number of amides is 2. The molecule has 1 aromatic carbocycles. The van der Waals surface area contributed by atoms with Gasteiger partial charge in [-0.25, -0.2) is 4.79 Å². The Morgan fingerprint density at radius 3 is 2.74 bits per heavy atom. The minimum Gasteiger partial charge on any atom is -0.481 e. The molecule has 0 saturated carbocycles. The van der Waals surface area contributed by atoms with E-state index in [-0.39, 0.29) is 12.5 Å². The number of rotatable bonds is 7. The number of aldehydes is 1. The van der Waals surface area contributed by atoms with E-state index >= 15 is 0 Å². The van der Waals surface area contributed by atoms with Crippen LogP contribution in [0, 0.1) is 0 Å². The van der Waals surface area contributed by atoms with Gasteiger partial charge in [-0.2, -0.15) is 0 Å². The van der Waals surface area contributed by atoms with E-state index in [1.54, 1.807) is 24.3 Å². The van der Waals surface area contributed by atoms with Gasteiger partial charge in [0.2, 0.25) is 0 Å². The van der Waals surface area contributed by atoms with Crippen molar-refractivity contribution in [1.82, 2.24) is 5.32 Å². The third-order valence-electron chi connectivity index (χ3n) is 2.38. The average molecular weight is 264 g/mol. The fraction of sp³-hybridized carbons (Fsp3) is 0.308. The summed E-state index contributed by atoms with van der Waals surface area (Å²) in [5.41, 5.74) is 1.02. The molecule has 0 radical (unpaired) electrons. The van der Waals surface area contributed by atoms with Gasteiger partial charge < -0.3 is 15.7 Å². The zero-order valence-corrected chi connectivity index (χ0v) is 10.4. The first kappa shape index (κ1) is 14.7. The highest BCUT2D eigenvalue weighted by atomic mass is 16.4. The number of carboxylic acid groups (broad SMARTS) is 1. The zero-order valence-electron chi connectivity index (χ0n) is 10.4. The third kappa shape index (κ3) is 6.21. The predicted molar refractivity (Wildman–Crippen MR) is 70.3 cm³/mol. The molecular weight excluding hydrogens is 248 g/mol. The SMILES string of the molecule is O=Cc1cccc(NC(=O)NCCCCC(=O)O)c1. The maximum absolute atomic E-state index is 11.5. The fourth-order valence-electron chi connectivity index (χ4n) is 1.47. The Kier molecular flexibility index (Phi) is 6.08. The monoisotopic (exact) mass is 264 g/mol. The largest absolute Gasteiger partial charge is 0.481 e. The summed E-state index contributed by atoms with van der Waals surface area (Å²) in [5.74, 6) is -0.838. The summed E-state index contributed by atoms with van der Waals surface area (Å²) in [5, 5.41) is 13.6. The molecule has 2 amide bonds. The number of anilines is 1. The van der Waals surface area contributed by atoms with Gasteiger partial charge in [-0.3, -0.25) is 9.59 Å². The molecule has 102 valence electrons. The van der Waals surface area contributed by atoms with Gasteiger partial charge in [-0.15, -0.1) is 0 Å². The predicted octanol–water partition coefficient (Wildman–Crippen LogP) is 1.88. The Morgan fingerprint density at radius 1 is 1.26 bits per heavy atom. The molecule has 0 saturated heterocycles. The van der Waals surface area contributed by atoms with Crippen LogP contribution in [-0.2, 0) is 4.79 Å². The Balaban J connectivity index is 2.27. The summed E-state index contributed by atoms with van der Waals surface area (Å²) in [6.45, 7) is 0.409. The molecule has 19 heavy (non-hydrogen) atoms. The van der Waals surface area contributed by atoms with Crippen LogP contribution in [0.5, 0.6) is 0 Å². The van der Waals surface area contributed by atoms with Crippen molar-refractivity contribution >= 4 is 24.0 Å². The number of unbranched alkanes of at least 4 members (excludes halogenated alkanes) is 1. The number of carbonyl (C=O) groups excluding carboxylic acids is 2. The van der Waals surface area contributed by atoms with E-state index in [2.05, 4.69) is 10.6 Å². The Bertz CT molecular complexity index is 460. The van der Waals surface area contributed by atoms with E-state index in [0.29, 0.717) is 36.9 Å². The van der Waals surface area contributed by atoms with Crippen molar-refractivity contribution < 1.29 is 19.5 Å². The van der Waals surface area contributed by atoms with Gasteiger partial charge in [0.05, 0.1) is 0 Å². The van der Waals surface area contributed by atoms with E-state index < -0.39 is 5.97 Å². The minimum absolute atomic E-state index is 0.102. The van der Waals surface area contributed by atoms with Crippen LogP contribution in [0.2, 0.25) is 0 Å². The highest BCUT2D eigenvalue weighted by Gasteiger charge is 2.02. The molecule has 6 nitrogen and oxygen atoms in total. The molecule has 0 fully saturated rings. The van der Waals surface area contributed by atoms with Crippen LogP contribution < -0.4 is 10.6 Å². The van der Waals surface area contributed by atoms with Crippen LogP contribution in [0.3, 0.4) is 0 Å². The molecule has 0 atom stereocenters. The van der Waals surface area contributed by atoms with Gasteiger partial charge in [0.15, 0.2) is 0 Å². The molecule has 3 N–H and O–H groups in total. The second-order valence-electron chi connectivity index (χ2n) is 3.98. The summed E-state index contributed by atoms with van der Waals surface area (Å²) in [6.07, 6.45) is 1.93. The number of hydrogen-bond acceptors (Lipinski definition) is 3. The molecule has 0 aliphatic heterocycles. The summed E-state index contributed by atoms with van der Waals surface area (Å²) >= 11 is 0. The van der Waals surface area contributed by atoms with Crippen LogP contribution in [-0.4, -0.2) is 29.9 Å². The fourth-order valence-corrected chi connectivity index (χ4v) is 1.47. The summed E-state index contributed by atoms with van der Waals surface area (Å²) in [4.78, 5) is 32.3. The standard InChI is InChI=1S/C13H16N2O4/c16-9-10-4-3-5-11(8-10)15-13(19)14-7-2-1-6-12(17)18/h3-5,8-9H,1-2,6-7H2,(H,17,18)(H2,14,15,19). The second kappa shape index (κ2) is 7.86. The summed E-state index contributed by atoms with van der Waals surface area (Å²) in [7, 11) is 0. The third-order valence-corrected chi connectivity index (χ3v) is 2.38. The summed E-state index contributed by atoms with van der Waals surface area (Å²) in [6, 6.07) is 6.18. The van der Waals surface area contributed by atoms with Gasteiger partial charge in [0, 0.05) is 24.2 Å². The summed E-state index contributed by atoms with van der Waals surface area (Å²) < 4.78 is 0. The van der Waals surface area contributed by atoms with Crippen molar-refractivity contribution in [2.45, 2.75) is 19.3 Å². The Labute approximate surface area is 110 Å². The highest BCUT2D eigenvalue weighted by molar-refractivity contribution is 5.90. The first-order chi connectivity index (χ1) is 9.11. The number of aliphatic carboxylic acids is 1. The molecule has 0 aromatic heterocycles. The lowest BCUT2D eigenvalue weighted by Gasteiger charge is -2.07. The van der Waals surface area contributed by atoms with E-state index in [0.717, 1.165) is 0 Å². The Morgan fingerprint density at radius 2 is 2.05 bits per heavy atom. The quantitative estimate of drug-likeness (QED) is 0.517. The molecule has 0 aliphatic carbocycles. The molecular formula is C13H16N2O4. The first-order valence-corrected chi connectivity index (χ1v) is 5.93. The van der Waals surface area contributed by atoms with E-state index in [1.807, 2.05) is 0 Å². The van der Waals surface area contributed by atoms with Crippen LogP contribution in [0.4, 0.5) is 10.5 Å². The van der Waals surface area contributed by atoms with Crippen molar-refractivity contribution in [3.63, 3.8) is 0 Å². The molecule has 1 rings (SSSR count). The normalized spacial score (nSPS) is 9.68. The van der Waals surface area contributed by atoms with Crippen molar-refractivity contribution in [1.29, 1.82) is 0 Å². The molecule has 0 spiro atoms. The minimum atomic E-state index is -0.838. The lowest BCUT2D eigenvalue weighted by atomic mass is 10.2. The number of hydrogen-bond donors (Lipinski definition) is 3. The van der Waals surface area contributed by atoms with Gasteiger partial charge >= 0.3 is 12.0 Å². The maximum Gasteiger partial charge on any atom is 0.319 e. The number of carbonyl (C=O) groups is 3. The number of nitrogens with one attached hydrogen (secondary N) is 2. The van der Waals surface area contributed by atoms with E-state index in [4.69, 9.17) is 5.11 Å². The average Bonchev–Trinajstić information content (AvgIpc) is 2.38. The van der Waals surface area contributed by atoms with E-state index in [1.165, 1.54) is 0 Å². The first-order valence-electron chi connectivity index (χ1n) is 5.93. The molecule has 0 bridgehead atoms. The van der Waals surface area contributed by atoms with Crippen molar-refractivity contribution in [3.05, 3.63) is 29.8 Å². The van der Waals surface area contributed by atoms with Crippen LogP contribution in [0.1, 0.15) is 29.6 Å². The van der Waals surface area contributed by atoms with Crippen molar-refractivity contribution in [2.75, 3.05) is 11.9 Å². The second-order valence-corrected chi connectivity index (χ2v) is 3.98. The molecule has 6 heteroatoms. The van der Waals surface area contributed by atoms with Crippen LogP contribution in [0.15, 0.2) is 24.3 Å². The molecule has 1 aromatic rings. The van der Waals surface area contributed by atoms with Crippen LogP contribution >= 0.6 is 0 Å².